The molecule has 7 nitrogen and oxygen atoms in total. The maximum Gasteiger partial charge on any atom is 0.453 e. The number of hydrogen-bond donors (Lipinski definition) is 1. The van der Waals surface area contributed by atoms with E-state index in [0.717, 1.165) is 27.8 Å². The smallest absolute Gasteiger partial charge is 0.350 e. The summed E-state index contributed by atoms with van der Waals surface area (Å²) in [5.74, 6) is -0.597. The van der Waals surface area contributed by atoms with Gasteiger partial charge >= 0.3 is 6.18 Å². The van der Waals surface area contributed by atoms with Gasteiger partial charge in [0.15, 0.2) is 11.5 Å². The van der Waals surface area contributed by atoms with Crippen LogP contribution < -0.4 is 4.90 Å². The number of aromatic nitrogens is 6. The number of nitrogens with zero attached hydrogens (tertiary/aromatic N) is 6. The van der Waals surface area contributed by atoms with Crippen molar-refractivity contribution in [1.82, 2.24) is 30.0 Å². The number of hydrogen-bond acceptors (Lipinski definition) is 5. The lowest BCUT2D eigenvalue weighted by Crippen LogP contribution is -2.32. The molecule has 126 valence electrons. The minimum absolute atomic E-state index is 0.129. The SMILES string of the molecule is Cc1c(N2CCc3[nH]ncc3C2)nn2c(C(F)(F)F)nnc2c1C. The van der Waals surface area contributed by atoms with Crippen LogP contribution in [0.4, 0.5) is 19.0 Å². The zero-order valence-electron chi connectivity index (χ0n) is 13.0. The molecular formula is C14H14F3N7. The largest absolute Gasteiger partial charge is 0.453 e. The van der Waals surface area contributed by atoms with E-state index in [2.05, 4.69) is 25.5 Å². The molecule has 3 aromatic rings. The summed E-state index contributed by atoms with van der Waals surface area (Å²) in [7, 11) is 0. The van der Waals surface area contributed by atoms with Crippen molar-refractivity contribution in [1.29, 1.82) is 0 Å². The van der Waals surface area contributed by atoms with E-state index in [4.69, 9.17) is 0 Å². The van der Waals surface area contributed by atoms with Crippen LogP contribution in [-0.4, -0.2) is 36.6 Å². The minimum Gasteiger partial charge on any atom is -0.350 e. The van der Waals surface area contributed by atoms with Crippen molar-refractivity contribution in [2.75, 3.05) is 11.4 Å². The maximum atomic E-state index is 13.1. The zero-order valence-corrected chi connectivity index (χ0v) is 13.0. The van der Waals surface area contributed by atoms with Gasteiger partial charge in [-0.25, -0.2) is 0 Å². The van der Waals surface area contributed by atoms with Gasteiger partial charge in [0, 0.05) is 41.9 Å². The Morgan fingerprint density at radius 3 is 2.71 bits per heavy atom. The van der Waals surface area contributed by atoms with Crippen molar-refractivity contribution in [3.05, 3.63) is 34.4 Å². The Balaban J connectivity index is 1.85. The summed E-state index contributed by atoms with van der Waals surface area (Å²) in [6.07, 6.45) is -2.13. The molecule has 0 atom stereocenters. The van der Waals surface area contributed by atoms with Crippen molar-refractivity contribution in [2.24, 2.45) is 0 Å². The van der Waals surface area contributed by atoms with Gasteiger partial charge in [-0.3, -0.25) is 5.10 Å². The summed E-state index contributed by atoms with van der Waals surface area (Å²) >= 11 is 0. The number of nitrogens with one attached hydrogen (secondary N) is 1. The van der Waals surface area contributed by atoms with Crippen LogP contribution in [0.15, 0.2) is 6.20 Å². The Morgan fingerprint density at radius 1 is 1.17 bits per heavy atom. The molecule has 0 radical (unpaired) electrons. The van der Waals surface area contributed by atoms with Crippen molar-refractivity contribution < 1.29 is 13.2 Å². The lowest BCUT2D eigenvalue weighted by Gasteiger charge is -2.29. The first-order valence-electron chi connectivity index (χ1n) is 7.42. The second kappa shape index (κ2) is 4.92. The van der Waals surface area contributed by atoms with Gasteiger partial charge in [0.05, 0.1) is 6.20 Å². The number of halogens is 3. The fourth-order valence-electron chi connectivity index (χ4n) is 2.99. The molecule has 0 bridgehead atoms. The van der Waals surface area contributed by atoms with Gasteiger partial charge in [0.2, 0.25) is 0 Å². The predicted octanol–water partition coefficient (Wildman–Crippen LogP) is 2.05. The molecule has 0 saturated heterocycles. The molecule has 0 saturated carbocycles. The first-order chi connectivity index (χ1) is 11.4. The third kappa shape index (κ3) is 2.13. The highest BCUT2D eigenvalue weighted by Crippen LogP contribution is 2.31. The molecule has 1 N–H and O–H groups in total. The number of aromatic amines is 1. The van der Waals surface area contributed by atoms with E-state index in [1.807, 2.05) is 11.8 Å². The monoisotopic (exact) mass is 337 g/mol. The molecule has 0 aliphatic carbocycles. The van der Waals surface area contributed by atoms with Crippen LogP contribution in [0, 0.1) is 13.8 Å². The molecule has 3 aromatic heterocycles. The Labute approximate surface area is 134 Å². The van der Waals surface area contributed by atoms with Crippen molar-refractivity contribution in [3.63, 3.8) is 0 Å². The highest BCUT2D eigenvalue weighted by molar-refractivity contribution is 5.60. The van der Waals surface area contributed by atoms with Crippen molar-refractivity contribution >= 4 is 11.5 Å². The standard InChI is InChI=1S/C14H14F3N7/c1-7-8(2)12(23-4-3-10-9(6-23)5-18-19-10)22-24-11(7)20-21-13(24)14(15,16)17/h5H,3-4,6H2,1-2H3,(H,18,19). The number of anilines is 1. The normalized spacial score (nSPS) is 15.1. The van der Waals surface area contributed by atoms with E-state index in [1.165, 1.54) is 0 Å². The first-order valence-corrected chi connectivity index (χ1v) is 7.42. The third-order valence-electron chi connectivity index (χ3n) is 4.42. The van der Waals surface area contributed by atoms with E-state index in [0.29, 0.717) is 24.5 Å². The Bertz CT molecular complexity index is 924. The number of H-pyrrole nitrogens is 1. The Hall–Kier alpha value is -2.65. The average Bonchev–Trinajstić information content (AvgIpc) is 3.15. The molecular weight excluding hydrogens is 323 g/mol. The van der Waals surface area contributed by atoms with E-state index in [1.54, 1.807) is 13.1 Å². The summed E-state index contributed by atoms with van der Waals surface area (Å²) in [6, 6.07) is 0. The fraction of sp³-hybridized carbons (Fsp3) is 0.429. The van der Waals surface area contributed by atoms with Crippen molar-refractivity contribution in [3.8, 4) is 0 Å². The summed E-state index contributed by atoms with van der Waals surface area (Å²) in [5, 5.41) is 18.1. The summed E-state index contributed by atoms with van der Waals surface area (Å²) in [4.78, 5) is 1.96. The molecule has 4 heterocycles. The van der Waals surface area contributed by atoms with Gasteiger partial charge in [0.1, 0.15) is 0 Å². The van der Waals surface area contributed by atoms with Gasteiger partial charge in [0.25, 0.3) is 5.82 Å². The average molecular weight is 337 g/mol. The third-order valence-corrected chi connectivity index (χ3v) is 4.42. The minimum atomic E-state index is -4.61. The first kappa shape index (κ1) is 14.9. The second-order valence-electron chi connectivity index (χ2n) is 5.88. The van der Waals surface area contributed by atoms with Gasteiger partial charge in [-0.15, -0.1) is 15.3 Å². The van der Waals surface area contributed by atoms with E-state index < -0.39 is 12.0 Å². The predicted molar refractivity (Wildman–Crippen MR) is 78.6 cm³/mol. The molecule has 10 heteroatoms. The molecule has 24 heavy (non-hydrogen) atoms. The topological polar surface area (TPSA) is 75.0 Å². The van der Waals surface area contributed by atoms with Crippen LogP contribution in [0.5, 0.6) is 0 Å². The second-order valence-corrected chi connectivity index (χ2v) is 5.88. The maximum absolute atomic E-state index is 13.1. The van der Waals surface area contributed by atoms with Gasteiger partial charge in [-0.05, 0) is 13.8 Å². The van der Waals surface area contributed by atoms with Crippen LogP contribution in [0.2, 0.25) is 0 Å². The van der Waals surface area contributed by atoms with Gasteiger partial charge < -0.3 is 4.90 Å². The Kier molecular flexibility index (Phi) is 3.06. The molecule has 1 aliphatic rings. The van der Waals surface area contributed by atoms with E-state index in [9.17, 15) is 13.2 Å². The molecule has 0 aromatic carbocycles. The fourth-order valence-corrected chi connectivity index (χ4v) is 2.99. The highest BCUT2D eigenvalue weighted by Gasteiger charge is 2.38. The molecule has 4 rings (SSSR count). The Morgan fingerprint density at radius 2 is 1.96 bits per heavy atom. The number of fused-ring (bicyclic) bond motifs is 2. The van der Waals surface area contributed by atoms with Crippen molar-refractivity contribution in [2.45, 2.75) is 33.0 Å². The summed E-state index contributed by atoms with van der Waals surface area (Å²) in [5.41, 5.74) is 3.66. The lowest BCUT2D eigenvalue weighted by atomic mass is 10.1. The highest BCUT2D eigenvalue weighted by atomic mass is 19.4. The van der Waals surface area contributed by atoms with Gasteiger partial charge in [-0.2, -0.15) is 22.8 Å². The number of alkyl halides is 3. The van der Waals surface area contributed by atoms with E-state index in [-0.39, 0.29) is 5.65 Å². The molecule has 0 fully saturated rings. The van der Waals surface area contributed by atoms with Crippen LogP contribution in [0.3, 0.4) is 0 Å². The van der Waals surface area contributed by atoms with E-state index >= 15 is 0 Å². The molecule has 0 amide bonds. The van der Waals surface area contributed by atoms with Crippen LogP contribution in [0.1, 0.15) is 28.2 Å². The number of rotatable bonds is 1. The molecule has 0 spiro atoms. The molecule has 1 aliphatic heterocycles. The van der Waals surface area contributed by atoms with Gasteiger partial charge in [-0.1, -0.05) is 0 Å². The summed E-state index contributed by atoms with van der Waals surface area (Å²) in [6.45, 7) is 4.77. The molecule has 0 unspecified atom stereocenters. The quantitative estimate of drug-likeness (QED) is 0.735. The number of aryl methyl sites for hydroxylation is 1. The van der Waals surface area contributed by atoms with Crippen LogP contribution in [0.25, 0.3) is 5.65 Å². The zero-order chi connectivity index (χ0) is 17.1. The van der Waals surface area contributed by atoms with Crippen LogP contribution in [-0.2, 0) is 19.1 Å². The van der Waals surface area contributed by atoms with Crippen LogP contribution >= 0.6 is 0 Å². The lowest BCUT2D eigenvalue weighted by molar-refractivity contribution is -0.146. The summed E-state index contributed by atoms with van der Waals surface area (Å²) < 4.78 is 40.2.